The van der Waals surface area contributed by atoms with Gasteiger partial charge in [0.05, 0.1) is 129 Å². The van der Waals surface area contributed by atoms with Gasteiger partial charge in [-0.2, -0.15) is 55.2 Å². The van der Waals surface area contributed by atoms with Crippen molar-refractivity contribution in [2.24, 2.45) is 14.1 Å². The molecule has 0 amide bonds. The summed E-state index contributed by atoms with van der Waals surface area (Å²) in [6.45, 7) is 4.16. The Balaban J connectivity index is 0.000000204. The van der Waals surface area contributed by atoms with Crippen LogP contribution in [0.15, 0.2) is 233 Å². The first-order chi connectivity index (χ1) is 64.1. The van der Waals surface area contributed by atoms with Crippen LogP contribution in [0.25, 0.3) is 44.1 Å². The highest BCUT2D eigenvalue weighted by molar-refractivity contribution is 7.95. The fraction of sp³-hybridized carbons (Fsp3) is 0.0714. The molecule has 2 aliphatic rings. The fourth-order valence-electron chi connectivity index (χ4n) is 14.4. The van der Waals surface area contributed by atoms with E-state index in [0.717, 1.165) is 34.9 Å². The maximum Gasteiger partial charge on any atom is 0.335 e. The first-order valence-electron chi connectivity index (χ1n) is 38.4. The number of aromatic nitrogens is 8. The van der Waals surface area contributed by atoms with Gasteiger partial charge in [-0.3, -0.25) is 42.4 Å². The third-order valence-corrected chi connectivity index (χ3v) is 24.7. The number of carbonyl (C=O) groups is 6. The average Bonchev–Trinajstić information content (AvgIpc) is 0.708. The smallest absolute Gasteiger partial charge is 0.335 e. The van der Waals surface area contributed by atoms with Crippen LogP contribution in [0.5, 0.6) is 23.5 Å². The molecule has 134 heavy (non-hydrogen) atoms. The predicted octanol–water partition coefficient (Wildman–Crippen LogP) is 14.2. The number of hydrogen-bond acceptors (Lipinski definition) is 40. The lowest BCUT2D eigenvalue weighted by molar-refractivity contribution is -0.432. The molecule has 4 heterocycles. The zero-order chi connectivity index (χ0) is 95.5. The maximum atomic E-state index is 14.7. The molecule has 0 atom stereocenters. The van der Waals surface area contributed by atoms with Crippen LogP contribution in [0.2, 0.25) is 0 Å². The highest BCUT2D eigenvalue weighted by atomic mass is 32.2. The Morgan fingerprint density at radius 2 is 0.776 bits per heavy atom. The van der Waals surface area contributed by atoms with Crippen molar-refractivity contribution < 1.29 is 131 Å². The zero-order valence-corrected chi connectivity index (χ0v) is 73.4. The molecule has 0 radical (unpaired) electrons. The molecule has 684 valence electrons. The number of ketones is 4. The van der Waals surface area contributed by atoms with Crippen molar-refractivity contribution in [2.75, 3.05) is 45.0 Å². The van der Waals surface area contributed by atoms with E-state index in [0.29, 0.717) is 47.6 Å². The molecule has 0 spiro atoms. The van der Waals surface area contributed by atoms with Gasteiger partial charge in [0, 0.05) is 76.2 Å². The molecular formula is C84H62N14O30S6. The summed E-state index contributed by atoms with van der Waals surface area (Å²) >= 11 is 1.21. The number of rotatable bonds is 34. The lowest BCUT2D eigenvalue weighted by Gasteiger charge is -2.26. The van der Waals surface area contributed by atoms with E-state index in [4.69, 9.17) is 29.6 Å². The number of fused-ring (bicyclic) bond motifs is 4. The van der Waals surface area contributed by atoms with Gasteiger partial charge < -0.3 is 60.7 Å². The Morgan fingerprint density at radius 1 is 0.388 bits per heavy atom. The number of nitrogens with zero attached hydrogens (tertiary/aromatic N) is 8. The number of nitrogens with one attached hydrogen (secondary N) is 6. The molecule has 0 saturated carbocycles. The summed E-state index contributed by atoms with van der Waals surface area (Å²) in [4.78, 5) is 133. The van der Waals surface area contributed by atoms with Crippen LogP contribution in [0, 0.1) is 0 Å². The number of hydrogen-bond donors (Lipinski definition) is 14. The first kappa shape index (κ1) is 93.7. The number of ether oxygens (including phenoxy) is 2. The minimum absolute atomic E-state index is 0.00153. The number of benzene rings is 10. The summed E-state index contributed by atoms with van der Waals surface area (Å²) in [7, 11) is -12.2. The molecule has 50 heteroatoms. The van der Waals surface area contributed by atoms with Gasteiger partial charge in [0.15, 0.2) is 23.1 Å². The average molecular weight is 1940 g/mol. The van der Waals surface area contributed by atoms with Crippen LogP contribution in [0.3, 0.4) is 0 Å². The van der Waals surface area contributed by atoms with E-state index in [-0.39, 0.29) is 192 Å². The number of aryl methyl sites for hydroxylation is 2. The summed E-state index contributed by atoms with van der Waals surface area (Å²) in [6.07, 6.45) is 0. The molecule has 10 aromatic carbocycles. The fourth-order valence-corrected chi connectivity index (χ4v) is 17.8. The van der Waals surface area contributed by atoms with E-state index < -0.39 is 96.8 Å². The molecule has 2 aliphatic carbocycles. The second-order valence-corrected chi connectivity index (χ2v) is 34.7. The zero-order valence-electron chi connectivity index (χ0n) is 68.5. The maximum absolute atomic E-state index is 14.7. The topological polar surface area (TPSA) is 634 Å². The van der Waals surface area contributed by atoms with E-state index in [1.54, 1.807) is 56.3 Å². The second kappa shape index (κ2) is 38.9. The van der Waals surface area contributed by atoms with Gasteiger partial charge in [0.25, 0.3) is 41.5 Å². The van der Waals surface area contributed by atoms with E-state index in [2.05, 4.69) is 85.6 Å². The van der Waals surface area contributed by atoms with Crippen LogP contribution < -0.4 is 52.5 Å². The Hall–Kier alpha value is -14.9. The highest BCUT2D eigenvalue weighted by Crippen LogP contribution is 2.49. The molecule has 4 aromatic heterocycles. The highest BCUT2D eigenvalue weighted by Gasteiger charge is 2.38. The number of carbonyl (C=O) groups excluding carboxylic acids is 4. The molecule has 0 saturated heterocycles. The summed E-state index contributed by atoms with van der Waals surface area (Å²) < 4.78 is 135. The molecule has 0 fully saturated rings. The van der Waals surface area contributed by atoms with Crippen LogP contribution in [0.4, 0.5) is 57.9 Å². The molecule has 14 aromatic rings. The standard InChI is InChI=1S/2C42H31N7O15S3/c1-3-43-40-46-41(48-42(47-40)62-22-13-11-20(12-14-22)39(53)54)45-27-18-28(31(67(59,60)61)19-30(27)65-64-63-55)44-26-15-16-29-34-32(24-9-4-5-10-25(24)37(51)33(26)34)35(38(52)49(29)2)36(50)21-7-6-8-23(17-21)66(56,57)58;1-3-43-40-46-41(48-42(47-40)60-22-13-11-20(12-14-22)39(53)54)45-28-18-27(30(66-64-62-56)19-31(28)67(57,58)59)44-26-15-16-29-34-32(24-9-4-5-10-25(24)37(51)33(26)34)35(38(52)49(29)2)36(50)21-7-6-8-23(17-21)65-63-61-55/h4-19,44,55H,3H2,1-2H3,(H,53,54)(H,56,57,58)(H,59,60,61)(H2,43,45,46,47,48);4-19,44,55-56H,3H2,1-2H3,(H,53,54)(H,57,58,59)(H2,43,45,46,47,48). The lowest BCUT2D eigenvalue weighted by atomic mass is 9.80. The van der Waals surface area contributed by atoms with Crippen LogP contribution in [-0.2, 0) is 72.6 Å². The largest absolute Gasteiger partial charge is 0.478 e. The van der Waals surface area contributed by atoms with Crippen molar-refractivity contribution in [3.8, 4) is 45.8 Å². The third kappa shape index (κ3) is 19.4. The normalized spacial score (nSPS) is 12.0. The van der Waals surface area contributed by atoms with Crippen molar-refractivity contribution >= 4 is 181 Å². The van der Waals surface area contributed by atoms with E-state index in [1.807, 2.05) is 0 Å². The Bertz CT molecular complexity index is 7730. The number of pyridine rings is 2. The first-order valence-corrected chi connectivity index (χ1v) is 44.9. The van der Waals surface area contributed by atoms with Gasteiger partial charge in [0.2, 0.25) is 23.8 Å². The van der Waals surface area contributed by atoms with Gasteiger partial charge in [-0.25, -0.2) is 25.4 Å². The lowest BCUT2D eigenvalue weighted by Crippen LogP contribution is -2.29. The van der Waals surface area contributed by atoms with E-state index in [9.17, 15) is 87.5 Å². The van der Waals surface area contributed by atoms with E-state index in [1.165, 1.54) is 140 Å². The second-order valence-electron chi connectivity index (χ2n) is 28.2. The Morgan fingerprint density at radius 3 is 1.19 bits per heavy atom. The summed E-state index contributed by atoms with van der Waals surface area (Å²) in [5.41, 5.74) is -2.12. The number of carboxylic acid groups (broad SMARTS) is 2. The minimum atomic E-state index is -5.15. The van der Waals surface area contributed by atoms with Crippen molar-refractivity contribution in [3.05, 3.63) is 270 Å². The summed E-state index contributed by atoms with van der Waals surface area (Å²) in [6, 6.07) is 43.1. The molecule has 0 unspecified atom stereocenters. The molecule has 0 bridgehead atoms. The Labute approximate surface area is 765 Å². The molecule has 0 aliphatic heterocycles. The summed E-state index contributed by atoms with van der Waals surface area (Å²) in [5.74, 6) is -5.36. The van der Waals surface area contributed by atoms with Gasteiger partial charge in [0.1, 0.15) is 21.3 Å². The monoisotopic (exact) mass is 1940 g/mol. The Kier molecular flexibility index (Phi) is 27.2. The minimum Gasteiger partial charge on any atom is -0.478 e. The SMILES string of the molecule is CCNc1nc(Nc2cc(Nc3ccc4c5c3C(=O)c3ccccc3-c5c(C(=O)c3cccc(S(=O)(=O)O)c3)c(=O)n4C)c(S(=O)(=O)O)cc2SOOO)nc(Oc2ccc(C(=O)O)cc2)n1.CCNc1nc(Nc2cc(Nc3ccc4c5c3C(=O)c3ccccc3-c5c(C(=O)c3cccc(SOOO)c3)c(=O)n4C)c(SOOO)cc2S(=O)(=O)O)nc(Oc2ccc(C(=O)O)cc2)n1. The van der Waals surface area contributed by atoms with Crippen molar-refractivity contribution in [1.82, 2.24) is 39.0 Å². The summed E-state index contributed by atoms with van der Waals surface area (Å²) in [5, 5.41) is 74.4. The predicted molar refractivity (Wildman–Crippen MR) is 478 cm³/mol. The molecule has 44 nitrogen and oxygen atoms in total. The quantitative estimate of drug-likeness (QED) is 0.00585. The number of aromatic carboxylic acids is 2. The number of anilines is 10. The van der Waals surface area contributed by atoms with Gasteiger partial charge in [-0.05, 0) is 146 Å². The van der Waals surface area contributed by atoms with E-state index >= 15 is 0 Å². The van der Waals surface area contributed by atoms with Crippen molar-refractivity contribution in [2.45, 2.75) is 43.2 Å². The van der Waals surface area contributed by atoms with Gasteiger partial charge in [-0.15, -0.1) is 13.0 Å². The molecule has 16 rings (SSSR count). The van der Waals surface area contributed by atoms with Gasteiger partial charge >= 0.3 is 24.0 Å². The van der Waals surface area contributed by atoms with Crippen LogP contribution in [0.1, 0.15) is 98.2 Å². The van der Waals surface area contributed by atoms with Crippen LogP contribution >= 0.6 is 36.1 Å². The van der Waals surface area contributed by atoms with Crippen LogP contribution in [-0.4, -0.2) is 152 Å². The third-order valence-electron chi connectivity index (χ3n) is 20.1. The molecular weight excluding hydrogens is 1880 g/mol. The number of carboxylic acids is 2. The van der Waals surface area contributed by atoms with Crippen molar-refractivity contribution in [3.63, 3.8) is 0 Å². The van der Waals surface area contributed by atoms with Gasteiger partial charge in [-0.1, -0.05) is 87.9 Å². The molecule has 14 N–H and O–H groups in total. The van der Waals surface area contributed by atoms with Crippen molar-refractivity contribution in [1.29, 1.82) is 0 Å².